The van der Waals surface area contributed by atoms with E-state index in [0.29, 0.717) is 0 Å². The maximum absolute atomic E-state index is 3.49. The quantitative estimate of drug-likeness (QED) is 0.799. The van der Waals surface area contributed by atoms with Crippen LogP contribution >= 0.6 is 0 Å². The van der Waals surface area contributed by atoms with Crippen molar-refractivity contribution in [3.8, 4) is 0 Å². The highest BCUT2D eigenvalue weighted by molar-refractivity contribution is 5.14. The van der Waals surface area contributed by atoms with E-state index in [4.69, 9.17) is 0 Å². The minimum Gasteiger partial charge on any atom is -0.198 e. The number of hydrogen-bond acceptors (Lipinski definition) is 2. The molecule has 3 heteroatoms. The van der Waals surface area contributed by atoms with Gasteiger partial charge in [0.25, 0.3) is 0 Å². The number of aromatic nitrogens is 3. The van der Waals surface area contributed by atoms with Crippen LogP contribution in [0.3, 0.4) is 0 Å². The number of nitrogens with zero attached hydrogens (tertiary/aromatic N) is 2. The molecule has 1 heterocycles. The SMILES string of the molecule is CCCCCCc1ccccc1.c1cn[nH]n1. The van der Waals surface area contributed by atoms with Gasteiger partial charge < -0.3 is 0 Å². The van der Waals surface area contributed by atoms with Crippen molar-refractivity contribution in [1.29, 1.82) is 0 Å². The average Bonchev–Trinajstić information content (AvgIpc) is 2.95. The van der Waals surface area contributed by atoms with Crippen LogP contribution in [0.15, 0.2) is 42.7 Å². The lowest BCUT2D eigenvalue weighted by molar-refractivity contribution is 0.667. The third-order valence-electron chi connectivity index (χ3n) is 2.49. The van der Waals surface area contributed by atoms with E-state index in [-0.39, 0.29) is 0 Å². The highest BCUT2D eigenvalue weighted by atomic mass is 15.3. The molecule has 1 aromatic heterocycles. The molecule has 0 amide bonds. The van der Waals surface area contributed by atoms with Crippen molar-refractivity contribution in [2.45, 2.75) is 39.0 Å². The minimum atomic E-state index is 1.25. The number of benzene rings is 1. The minimum absolute atomic E-state index is 1.25. The fourth-order valence-electron chi connectivity index (χ4n) is 1.57. The van der Waals surface area contributed by atoms with Crippen molar-refractivity contribution in [2.24, 2.45) is 0 Å². The Hall–Kier alpha value is -1.64. The van der Waals surface area contributed by atoms with Gasteiger partial charge >= 0.3 is 0 Å². The Morgan fingerprint density at radius 2 is 1.65 bits per heavy atom. The van der Waals surface area contributed by atoms with Gasteiger partial charge in [0, 0.05) is 0 Å². The number of aryl methyl sites for hydroxylation is 1. The zero-order valence-electron chi connectivity index (χ0n) is 10.5. The number of H-pyrrole nitrogens is 1. The molecule has 0 aliphatic heterocycles. The van der Waals surface area contributed by atoms with Gasteiger partial charge in [-0.1, -0.05) is 56.5 Å². The van der Waals surface area contributed by atoms with E-state index in [1.165, 1.54) is 37.7 Å². The van der Waals surface area contributed by atoms with E-state index in [2.05, 4.69) is 52.7 Å². The lowest BCUT2D eigenvalue weighted by atomic mass is 10.1. The van der Waals surface area contributed by atoms with Gasteiger partial charge in [-0.05, 0) is 18.4 Å². The number of hydrogen-bond donors (Lipinski definition) is 1. The molecular weight excluding hydrogens is 210 g/mol. The van der Waals surface area contributed by atoms with E-state index in [9.17, 15) is 0 Å². The maximum Gasteiger partial charge on any atom is 0.0690 e. The molecule has 0 aliphatic rings. The van der Waals surface area contributed by atoms with Gasteiger partial charge in [-0.25, -0.2) is 0 Å². The first kappa shape index (κ1) is 13.4. The van der Waals surface area contributed by atoms with E-state index >= 15 is 0 Å². The second-order valence-corrected chi connectivity index (χ2v) is 3.95. The molecule has 2 rings (SSSR count). The van der Waals surface area contributed by atoms with E-state index in [0.717, 1.165) is 0 Å². The molecule has 0 bridgehead atoms. The summed E-state index contributed by atoms with van der Waals surface area (Å²) >= 11 is 0. The Kier molecular flexibility index (Phi) is 7.56. The first-order valence-electron chi connectivity index (χ1n) is 6.27. The van der Waals surface area contributed by atoms with Crippen molar-refractivity contribution in [3.63, 3.8) is 0 Å². The summed E-state index contributed by atoms with van der Waals surface area (Å²) in [5.74, 6) is 0. The van der Waals surface area contributed by atoms with E-state index in [1.807, 2.05) is 0 Å². The van der Waals surface area contributed by atoms with E-state index in [1.54, 1.807) is 12.4 Å². The molecule has 0 unspecified atom stereocenters. The van der Waals surface area contributed by atoms with Crippen LogP contribution in [0, 0.1) is 0 Å². The summed E-state index contributed by atoms with van der Waals surface area (Å²) in [5, 5.41) is 9.33. The predicted octanol–water partition coefficient (Wildman–Crippen LogP) is 3.61. The maximum atomic E-state index is 3.49. The van der Waals surface area contributed by atoms with Gasteiger partial charge in [0.1, 0.15) is 0 Å². The molecule has 0 saturated carbocycles. The van der Waals surface area contributed by atoms with Crippen LogP contribution in [-0.2, 0) is 6.42 Å². The monoisotopic (exact) mass is 231 g/mol. The molecule has 0 spiro atoms. The fraction of sp³-hybridized carbons (Fsp3) is 0.429. The lowest BCUT2D eigenvalue weighted by Gasteiger charge is -1.99. The van der Waals surface area contributed by atoms with Gasteiger partial charge in [0.15, 0.2) is 0 Å². The molecule has 1 N–H and O–H groups in total. The molecule has 17 heavy (non-hydrogen) atoms. The Balaban J connectivity index is 0.000000239. The van der Waals surface area contributed by atoms with E-state index < -0.39 is 0 Å². The molecule has 0 saturated heterocycles. The Morgan fingerprint density at radius 3 is 2.18 bits per heavy atom. The number of rotatable bonds is 5. The van der Waals surface area contributed by atoms with Crippen molar-refractivity contribution < 1.29 is 0 Å². The van der Waals surface area contributed by atoms with Crippen LogP contribution in [-0.4, -0.2) is 15.4 Å². The highest BCUT2D eigenvalue weighted by Crippen LogP contribution is 2.06. The van der Waals surface area contributed by atoms with Crippen LogP contribution in [0.4, 0.5) is 0 Å². The predicted molar refractivity (Wildman–Crippen MR) is 70.7 cm³/mol. The van der Waals surface area contributed by atoms with Crippen molar-refractivity contribution >= 4 is 0 Å². The molecule has 2 aromatic rings. The zero-order valence-corrected chi connectivity index (χ0v) is 10.5. The second-order valence-electron chi connectivity index (χ2n) is 3.95. The fourth-order valence-corrected chi connectivity index (χ4v) is 1.57. The molecule has 0 atom stereocenters. The number of nitrogens with one attached hydrogen (secondary N) is 1. The van der Waals surface area contributed by atoms with Crippen LogP contribution < -0.4 is 0 Å². The second kappa shape index (κ2) is 9.58. The largest absolute Gasteiger partial charge is 0.198 e. The van der Waals surface area contributed by atoms with Crippen molar-refractivity contribution in [2.75, 3.05) is 0 Å². The summed E-state index contributed by atoms with van der Waals surface area (Å²) in [6, 6.07) is 10.7. The van der Waals surface area contributed by atoms with Gasteiger partial charge in [0.05, 0.1) is 12.4 Å². The molecular formula is C14H21N3. The summed E-state index contributed by atoms with van der Waals surface area (Å²) in [6.07, 6.45) is 9.85. The standard InChI is InChI=1S/C12H18.C2H3N3/c1-2-3-4-6-9-12-10-7-5-8-11-12;1-2-4-5-3-1/h5,7-8,10-11H,2-4,6,9H2,1H3;1-2H,(H,3,4,5). The van der Waals surface area contributed by atoms with Crippen LogP contribution in [0.25, 0.3) is 0 Å². The summed E-state index contributed by atoms with van der Waals surface area (Å²) in [7, 11) is 0. The molecule has 1 aromatic carbocycles. The number of unbranched alkanes of at least 4 members (excludes halogenated alkanes) is 3. The highest BCUT2D eigenvalue weighted by Gasteiger charge is 1.90. The molecule has 0 radical (unpaired) electrons. The third-order valence-corrected chi connectivity index (χ3v) is 2.49. The normalized spacial score (nSPS) is 9.47. The Morgan fingerprint density at radius 1 is 0.941 bits per heavy atom. The first-order valence-corrected chi connectivity index (χ1v) is 6.27. The summed E-state index contributed by atoms with van der Waals surface area (Å²) in [4.78, 5) is 0. The molecule has 0 fully saturated rings. The number of aromatic amines is 1. The summed E-state index contributed by atoms with van der Waals surface area (Å²) in [5.41, 5.74) is 1.48. The molecule has 0 aliphatic carbocycles. The van der Waals surface area contributed by atoms with Gasteiger partial charge in [0.2, 0.25) is 0 Å². The molecule has 3 nitrogen and oxygen atoms in total. The summed E-state index contributed by atoms with van der Waals surface area (Å²) < 4.78 is 0. The van der Waals surface area contributed by atoms with Gasteiger partial charge in [-0.15, -0.1) is 0 Å². The average molecular weight is 231 g/mol. The van der Waals surface area contributed by atoms with Crippen molar-refractivity contribution in [1.82, 2.24) is 15.4 Å². The first-order chi connectivity index (χ1) is 8.43. The molecule has 92 valence electrons. The van der Waals surface area contributed by atoms with Crippen molar-refractivity contribution in [3.05, 3.63) is 48.3 Å². The Labute approximate surface area is 103 Å². The topological polar surface area (TPSA) is 41.6 Å². The van der Waals surface area contributed by atoms with Crippen LogP contribution in [0.1, 0.15) is 38.2 Å². The third kappa shape index (κ3) is 7.28. The smallest absolute Gasteiger partial charge is 0.0690 e. The van der Waals surface area contributed by atoms with Gasteiger partial charge in [-0.3, -0.25) is 0 Å². The summed E-state index contributed by atoms with van der Waals surface area (Å²) in [6.45, 7) is 2.25. The zero-order chi connectivity index (χ0) is 12.2. The Bertz CT molecular complexity index is 326. The van der Waals surface area contributed by atoms with Crippen LogP contribution in [0.5, 0.6) is 0 Å². The lowest BCUT2D eigenvalue weighted by Crippen LogP contribution is -1.84. The van der Waals surface area contributed by atoms with Crippen LogP contribution in [0.2, 0.25) is 0 Å². The van der Waals surface area contributed by atoms with Gasteiger partial charge in [-0.2, -0.15) is 15.4 Å².